The van der Waals surface area contributed by atoms with Crippen LogP contribution in [0.15, 0.2) is 0 Å². The Labute approximate surface area is 177 Å². The van der Waals surface area contributed by atoms with E-state index in [0.29, 0.717) is 6.61 Å². The van der Waals surface area contributed by atoms with E-state index in [1.807, 2.05) is 6.92 Å². The molecule has 0 N–H and O–H groups in total. The number of esters is 1. The van der Waals surface area contributed by atoms with Gasteiger partial charge in [-0.3, -0.25) is 4.79 Å². The standard InChI is InChI=1S/C26H52O2/c1-5-7-9-16-20-24(3)21-17-14-12-11-13-15-19-23-28-26(27)25(4)22-18-10-8-6-2/h24-25H,5-23H2,1-4H3. The zero-order valence-electron chi connectivity index (χ0n) is 19.9. The lowest BCUT2D eigenvalue weighted by Crippen LogP contribution is -2.15. The van der Waals surface area contributed by atoms with Crippen LogP contribution in [0.4, 0.5) is 0 Å². The number of hydrogen-bond acceptors (Lipinski definition) is 2. The predicted octanol–water partition coefficient (Wildman–Crippen LogP) is 8.86. The molecule has 0 aromatic carbocycles. The molecule has 168 valence electrons. The molecule has 2 heteroatoms. The summed E-state index contributed by atoms with van der Waals surface area (Å²) in [6, 6.07) is 0. The third-order valence-corrected chi connectivity index (χ3v) is 6.03. The van der Waals surface area contributed by atoms with E-state index < -0.39 is 0 Å². The Morgan fingerprint density at radius 1 is 0.607 bits per heavy atom. The Morgan fingerprint density at radius 2 is 1.04 bits per heavy atom. The van der Waals surface area contributed by atoms with Gasteiger partial charge in [-0.2, -0.15) is 0 Å². The van der Waals surface area contributed by atoms with Gasteiger partial charge in [-0.1, -0.05) is 130 Å². The zero-order valence-corrected chi connectivity index (χ0v) is 19.9. The molecule has 0 radical (unpaired) electrons. The van der Waals surface area contributed by atoms with Gasteiger partial charge >= 0.3 is 5.97 Å². The van der Waals surface area contributed by atoms with Crippen molar-refractivity contribution in [2.24, 2.45) is 11.8 Å². The van der Waals surface area contributed by atoms with Gasteiger partial charge in [0.1, 0.15) is 0 Å². The second-order valence-corrected chi connectivity index (χ2v) is 9.14. The Balaban J connectivity index is 3.33. The number of carbonyl (C=O) groups is 1. The van der Waals surface area contributed by atoms with Crippen molar-refractivity contribution in [2.45, 2.75) is 143 Å². The zero-order chi connectivity index (χ0) is 20.9. The lowest BCUT2D eigenvalue weighted by molar-refractivity contribution is -0.148. The first-order chi connectivity index (χ1) is 13.6. The van der Waals surface area contributed by atoms with Crippen LogP contribution in [0.25, 0.3) is 0 Å². The highest BCUT2D eigenvalue weighted by molar-refractivity contribution is 5.71. The van der Waals surface area contributed by atoms with Crippen molar-refractivity contribution in [3.05, 3.63) is 0 Å². The Kier molecular flexibility index (Phi) is 20.8. The molecule has 0 saturated carbocycles. The molecule has 0 heterocycles. The van der Waals surface area contributed by atoms with E-state index in [-0.39, 0.29) is 11.9 Å². The Bertz CT molecular complexity index is 326. The van der Waals surface area contributed by atoms with Crippen molar-refractivity contribution in [1.82, 2.24) is 0 Å². The fourth-order valence-electron chi connectivity index (χ4n) is 3.85. The summed E-state index contributed by atoms with van der Waals surface area (Å²) in [5.41, 5.74) is 0. The van der Waals surface area contributed by atoms with Gasteiger partial charge in [-0.15, -0.1) is 0 Å². The van der Waals surface area contributed by atoms with E-state index in [0.717, 1.165) is 25.2 Å². The molecule has 0 bridgehead atoms. The Hall–Kier alpha value is -0.530. The van der Waals surface area contributed by atoms with Crippen LogP contribution in [0.1, 0.15) is 143 Å². The molecule has 28 heavy (non-hydrogen) atoms. The van der Waals surface area contributed by atoms with Crippen LogP contribution >= 0.6 is 0 Å². The minimum Gasteiger partial charge on any atom is -0.465 e. The average Bonchev–Trinajstić information content (AvgIpc) is 2.69. The summed E-state index contributed by atoms with van der Waals surface area (Å²) >= 11 is 0. The summed E-state index contributed by atoms with van der Waals surface area (Å²) in [4.78, 5) is 11.9. The van der Waals surface area contributed by atoms with Crippen LogP contribution < -0.4 is 0 Å². The number of hydrogen-bond donors (Lipinski definition) is 0. The highest BCUT2D eigenvalue weighted by Gasteiger charge is 2.13. The van der Waals surface area contributed by atoms with Crippen LogP contribution in [0, 0.1) is 11.8 Å². The third kappa shape index (κ3) is 18.8. The van der Waals surface area contributed by atoms with E-state index >= 15 is 0 Å². The second-order valence-electron chi connectivity index (χ2n) is 9.14. The van der Waals surface area contributed by atoms with Gasteiger partial charge in [0, 0.05) is 0 Å². The maximum absolute atomic E-state index is 11.9. The first-order valence-corrected chi connectivity index (χ1v) is 12.8. The fraction of sp³-hybridized carbons (Fsp3) is 0.962. The van der Waals surface area contributed by atoms with E-state index in [1.54, 1.807) is 0 Å². The molecule has 0 saturated heterocycles. The first-order valence-electron chi connectivity index (χ1n) is 12.8. The summed E-state index contributed by atoms with van der Waals surface area (Å²) in [7, 11) is 0. The maximum Gasteiger partial charge on any atom is 0.308 e. The maximum atomic E-state index is 11.9. The van der Waals surface area contributed by atoms with Gasteiger partial charge in [0.2, 0.25) is 0 Å². The monoisotopic (exact) mass is 396 g/mol. The van der Waals surface area contributed by atoms with Crippen LogP contribution in [0.5, 0.6) is 0 Å². The minimum absolute atomic E-state index is 0.0142. The molecule has 0 aromatic rings. The quantitative estimate of drug-likeness (QED) is 0.143. The highest BCUT2D eigenvalue weighted by Crippen LogP contribution is 2.18. The minimum atomic E-state index is 0.0142. The molecule has 0 spiro atoms. The topological polar surface area (TPSA) is 26.3 Å². The molecule has 0 fully saturated rings. The van der Waals surface area contributed by atoms with E-state index in [4.69, 9.17) is 4.74 Å². The number of carbonyl (C=O) groups excluding carboxylic acids is 1. The average molecular weight is 397 g/mol. The predicted molar refractivity (Wildman–Crippen MR) is 124 cm³/mol. The number of unbranched alkanes of at least 4 members (excludes halogenated alkanes) is 12. The molecule has 0 aromatic heterocycles. The molecular weight excluding hydrogens is 344 g/mol. The molecule has 0 aliphatic rings. The molecule has 0 aliphatic carbocycles. The van der Waals surface area contributed by atoms with Crippen molar-refractivity contribution in [1.29, 1.82) is 0 Å². The molecule has 0 rings (SSSR count). The van der Waals surface area contributed by atoms with Crippen LogP contribution in [-0.2, 0) is 9.53 Å². The number of ether oxygens (including phenoxy) is 1. The van der Waals surface area contributed by atoms with Gasteiger partial charge in [0.15, 0.2) is 0 Å². The normalized spacial score (nSPS) is 13.4. The molecular formula is C26H52O2. The van der Waals surface area contributed by atoms with E-state index in [1.165, 1.54) is 96.3 Å². The SMILES string of the molecule is CCCCCCC(C)CCCCCCCCCOC(=O)C(C)CCCCCC. The third-order valence-electron chi connectivity index (χ3n) is 6.03. The lowest BCUT2D eigenvalue weighted by atomic mass is 9.96. The summed E-state index contributed by atoms with van der Waals surface area (Å²) in [5.74, 6) is 1.01. The summed E-state index contributed by atoms with van der Waals surface area (Å²) in [5, 5.41) is 0. The molecule has 0 amide bonds. The van der Waals surface area contributed by atoms with Gasteiger partial charge in [-0.05, 0) is 18.8 Å². The van der Waals surface area contributed by atoms with Gasteiger partial charge in [-0.25, -0.2) is 0 Å². The van der Waals surface area contributed by atoms with Gasteiger partial charge in [0.25, 0.3) is 0 Å². The van der Waals surface area contributed by atoms with Crippen molar-refractivity contribution >= 4 is 5.97 Å². The van der Waals surface area contributed by atoms with Crippen LogP contribution in [0.3, 0.4) is 0 Å². The highest BCUT2D eigenvalue weighted by atomic mass is 16.5. The van der Waals surface area contributed by atoms with Crippen LogP contribution in [-0.4, -0.2) is 12.6 Å². The van der Waals surface area contributed by atoms with Crippen LogP contribution in [0.2, 0.25) is 0 Å². The van der Waals surface area contributed by atoms with Crippen molar-refractivity contribution < 1.29 is 9.53 Å². The fourth-order valence-corrected chi connectivity index (χ4v) is 3.85. The smallest absolute Gasteiger partial charge is 0.308 e. The van der Waals surface area contributed by atoms with Crippen molar-refractivity contribution in [2.75, 3.05) is 6.61 Å². The van der Waals surface area contributed by atoms with E-state index in [2.05, 4.69) is 20.8 Å². The lowest BCUT2D eigenvalue weighted by Gasteiger charge is -2.11. The molecule has 2 nitrogen and oxygen atoms in total. The second kappa shape index (κ2) is 21.2. The summed E-state index contributed by atoms with van der Waals surface area (Å²) in [6.45, 7) is 9.56. The molecule has 2 unspecified atom stereocenters. The largest absolute Gasteiger partial charge is 0.465 e. The molecule has 0 aliphatic heterocycles. The molecule has 2 atom stereocenters. The number of rotatable bonds is 21. The Morgan fingerprint density at radius 3 is 1.57 bits per heavy atom. The first kappa shape index (κ1) is 27.5. The van der Waals surface area contributed by atoms with Crippen molar-refractivity contribution in [3.63, 3.8) is 0 Å². The van der Waals surface area contributed by atoms with Gasteiger partial charge < -0.3 is 4.74 Å². The van der Waals surface area contributed by atoms with E-state index in [9.17, 15) is 4.79 Å². The van der Waals surface area contributed by atoms with Crippen molar-refractivity contribution in [3.8, 4) is 0 Å². The summed E-state index contributed by atoms with van der Waals surface area (Å²) < 4.78 is 5.44. The van der Waals surface area contributed by atoms with Gasteiger partial charge in [0.05, 0.1) is 12.5 Å². The summed E-state index contributed by atoms with van der Waals surface area (Å²) in [6.07, 6.45) is 23.4.